The molecule has 0 amide bonds. The zero-order valence-electron chi connectivity index (χ0n) is 9.02. The Morgan fingerprint density at radius 2 is 2.12 bits per heavy atom. The average Bonchev–Trinajstić information content (AvgIpc) is 2.27. The topological polar surface area (TPSA) is 59.4 Å². The number of aryl methyl sites for hydroxylation is 1. The lowest BCUT2D eigenvalue weighted by atomic mass is 10.0. The summed E-state index contributed by atoms with van der Waals surface area (Å²) in [6.07, 6.45) is 1.69. The largest absolute Gasteiger partial charge is 0.495 e. The summed E-state index contributed by atoms with van der Waals surface area (Å²) < 4.78 is 5.18. The minimum Gasteiger partial charge on any atom is -0.495 e. The van der Waals surface area contributed by atoms with Crippen molar-refractivity contribution in [3.63, 3.8) is 0 Å². The lowest BCUT2D eigenvalue weighted by Gasteiger charge is -2.10. The highest BCUT2D eigenvalue weighted by Crippen LogP contribution is 2.31. The first kappa shape index (κ1) is 10.4. The van der Waals surface area contributed by atoms with Gasteiger partial charge in [-0.1, -0.05) is 6.07 Å². The first-order valence-electron chi connectivity index (χ1n) is 4.80. The number of fused-ring (bicyclic) bond motifs is 1. The van der Waals surface area contributed by atoms with E-state index in [1.54, 1.807) is 18.3 Å². The Morgan fingerprint density at radius 1 is 1.38 bits per heavy atom. The molecule has 2 aromatic rings. The third-order valence-corrected chi connectivity index (χ3v) is 2.51. The minimum atomic E-state index is -0.998. The Balaban J connectivity index is 2.89. The van der Waals surface area contributed by atoms with E-state index in [1.165, 1.54) is 7.11 Å². The first-order chi connectivity index (χ1) is 7.65. The van der Waals surface area contributed by atoms with E-state index >= 15 is 0 Å². The smallest absolute Gasteiger partial charge is 0.339 e. The van der Waals surface area contributed by atoms with Crippen LogP contribution < -0.4 is 4.74 Å². The Morgan fingerprint density at radius 3 is 2.75 bits per heavy atom. The second-order valence-electron chi connectivity index (χ2n) is 3.45. The lowest BCUT2D eigenvalue weighted by Crippen LogP contribution is -2.01. The standard InChI is InChI=1S/C12H11NO3/c1-7-10-8(5-6-13-7)3-4-9(12(14)15)11(10)16-2/h3-6H,1-2H3,(H,14,15). The third-order valence-electron chi connectivity index (χ3n) is 2.51. The van der Waals surface area contributed by atoms with Crippen LogP contribution in [0.15, 0.2) is 24.4 Å². The molecule has 16 heavy (non-hydrogen) atoms. The maximum absolute atomic E-state index is 11.0. The molecule has 82 valence electrons. The molecule has 4 heteroatoms. The minimum absolute atomic E-state index is 0.158. The van der Waals surface area contributed by atoms with Crippen LogP contribution >= 0.6 is 0 Å². The van der Waals surface area contributed by atoms with Gasteiger partial charge < -0.3 is 9.84 Å². The number of pyridine rings is 1. The number of carbonyl (C=O) groups is 1. The molecule has 0 radical (unpaired) electrons. The number of ether oxygens (including phenoxy) is 1. The number of nitrogens with zero attached hydrogens (tertiary/aromatic N) is 1. The maximum Gasteiger partial charge on any atom is 0.339 e. The molecule has 0 spiro atoms. The van der Waals surface area contributed by atoms with E-state index in [1.807, 2.05) is 13.0 Å². The van der Waals surface area contributed by atoms with Crippen LogP contribution in [0.2, 0.25) is 0 Å². The number of hydrogen-bond donors (Lipinski definition) is 1. The fourth-order valence-corrected chi connectivity index (χ4v) is 1.78. The molecule has 2 rings (SSSR count). The van der Waals surface area contributed by atoms with Gasteiger partial charge in [-0.05, 0) is 24.4 Å². The molecular weight excluding hydrogens is 206 g/mol. The Hall–Kier alpha value is -2.10. The molecule has 0 bridgehead atoms. The van der Waals surface area contributed by atoms with Gasteiger partial charge in [-0.3, -0.25) is 4.98 Å². The highest BCUT2D eigenvalue weighted by Gasteiger charge is 2.15. The van der Waals surface area contributed by atoms with Crippen molar-refractivity contribution in [2.24, 2.45) is 0 Å². The predicted octanol–water partition coefficient (Wildman–Crippen LogP) is 2.25. The Bertz CT molecular complexity index is 563. The van der Waals surface area contributed by atoms with E-state index in [0.29, 0.717) is 5.75 Å². The summed E-state index contributed by atoms with van der Waals surface area (Å²) in [5.41, 5.74) is 0.920. The van der Waals surface area contributed by atoms with Gasteiger partial charge in [-0.2, -0.15) is 0 Å². The predicted molar refractivity (Wildman–Crippen MR) is 60.0 cm³/mol. The zero-order chi connectivity index (χ0) is 11.7. The number of carboxylic acids is 1. The van der Waals surface area contributed by atoms with Crippen LogP contribution in [-0.4, -0.2) is 23.2 Å². The third kappa shape index (κ3) is 1.48. The molecule has 1 N–H and O–H groups in total. The molecule has 0 atom stereocenters. The van der Waals surface area contributed by atoms with Crippen molar-refractivity contribution in [2.45, 2.75) is 6.92 Å². The highest BCUT2D eigenvalue weighted by atomic mass is 16.5. The molecule has 0 unspecified atom stereocenters. The van der Waals surface area contributed by atoms with Gasteiger partial charge in [-0.25, -0.2) is 4.79 Å². The van der Waals surface area contributed by atoms with Crippen LogP contribution in [-0.2, 0) is 0 Å². The normalized spacial score (nSPS) is 10.4. The molecule has 0 aliphatic carbocycles. The monoisotopic (exact) mass is 217 g/mol. The number of aromatic nitrogens is 1. The van der Waals surface area contributed by atoms with Gasteiger partial charge in [0.1, 0.15) is 11.3 Å². The average molecular weight is 217 g/mol. The number of hydrogen-bond acceptors (Lipinski definition) is 3. The van der Waals surface area contributed by atoms with Crippen molar-refractivity contribution in [1.82, 2.24) is 4.98 Å². The van der Waals surface area contributed by atoms with Crippen LogP contribution in [0.4, 0.5) is 0 Å². The lowest BCUT2D eigenvalue weighted by molar-refractivity contribution is 0.0693. The molecule has 0 fully saturated rings. The van der Waals surface area contributed by atoms with Crippen molar-refractivity contribution in [2.75, 3.05) is 7.11 Å². The van der Waals surface area contributed by atoms with Crippen molar-refractivity contribution in [1.29, 1.82) is 0 Å². The maximum atomic E-state index is 11.0. The van der Waals surface area contributed by atoms with Gasteiger partial charge in [0.15, 0.2) is 0 Å². The van der Waals surface area contributed by atoms with Crippen LogP contribution in [0.1, 0.15) is 16.1 Å². The summed E-state index contributed by atoms with van der Waals surface area (Å²) in [5.74, 6) is -0.627. The van der Waals surface area contributed by atoms with Crippen LogP contribution in [0.5, 0.6) is 5.75 Å². The fraction of sp³-hybridized carbons (Fsp3) is 0.167. The number of carboxylic acid groups (broad SMARTS) is 1. The van der Waals surface area contributed by atoms with E-state index < -0.39 is 5.97 Å². The van der Waals surface area contributed by atoms with Gasteiger partial charge in [0.2, 0.25) is 0 Å². The fourth-order valence-electron chi connectivity index (χ4n) is 1.78. The van der Waals surface area contributed by atoms with Crippen LogP contribution in [0.25, 0.3) is 10.8 Å². The molecular formula is C12H11NO3. The molecule has 0 aliphatic rings. The second kappa shape index (κ2) is 3.81. The summed E-state index contributed by atoms with van der Waals surface area (Å²) in [4.78, 5) is 15.2. The molecule has 4 nitrogen and oxygen atoms in total. The van der Waals surface area contributed by atoms with Crippen molar-refractivity contribution < 1.29 is 14.6 Å². The van der Waals surface area contributed by atoms with Gasteiger partial charge in [0.05, 0.1) is 7.11 Å². The quantitative estimate of drug-likeness (QED) is 0.838. The summed E-state index contributed by atoms with van der Waals surface area (Å²) in [6.45, 7) is 1.83. The van der Waals surface area contributed by atoms with E-state index in [4.69, 9.17) is 9.84 Å². The zero-order valence-corrected chi connectivity index (χ0v) is 9.02. The van der Waals surface area contributed by atoms with Crippen LogP contribution in [0.3, 0.4) is 0 Å². The SMILES string of the molecule is COc1c(C(=O)O)ccc2ccnc(C)c12. The van der Waals surface area contributed by atoms with Crippen molar-refractivity contribution in [3.05, 3.63) is 35.7 Å². The summed E-state index contributed by atoms with van der Waals surface area (Å²) >= 11 is 0. The van der Waals surface area contributed by atoms with Gasteiger partial charge >= 0.3 is 5.97 Å². The number of benzene rings is 1. The molecule has 1 aromatic heterocycles. The highest BCUT2D eigenvalue weighted by molar-refractivity contribution is 6.01. The summed E-state index contributed by atoms with van der Waals surface area (Å²) in [7, 11) is 1.47. The van der Waals surface area contributed by atoms with Crippen molar-refractivity contribution in [3.8, 4) is 5.75 Å². The molecule has 0 saturated carbocycles. The van der Waals surface area contributed by atoms with Gasteiger partial charge in [0, 0.05) is 17.3 Å². The molecule has 0 saturated heterocycles. The first-order valence-corrected chi connectivity index (χ1v) is 4.80. The number of rotatable bonds is 2. The number of methoxy groups -OCH3 is 1. The second-order valence-corrected chi connectivity index (χ2v) is 3.45. The molecule has 0 aliphatic heterocycles. The van der Waals surface area contributed by atoms with Gasteiger partial charge in [0.25, 0.3) is 0 Å². The molecule has 1 aromatic carbocycles. The number of aromatic carboxylic acids is 1. The summed E-state index contributed by atoms with van der Waals surface area (Å²) in [6, 6.07) is 5.13. The van der Waals surface area contributed by atoms with E-state index in [9.17, 15) is 4.79 Å². The summed E-state index contributed by atoms with van der Waals surface area (Å²) in [5, 5.41) is 10.7. The Labute approximate surface area is 92.5 Å². The van der Waals surface area contributed by atoms with Crippen LogP contribution in [0, 0.1) is 6.92 Å². The van der Waals surface area contributed by atoms with Crippen molar-refractivity contribution >= 4 is 16.7 Å². The van der Waals surface area contributed by atoms with E-state index in [2.05, 4.69) is 4.98 Å². The van der Waals surface area contributed by atoms with E-state index in [-0.39, 0.29) is 5.56 Å². The molecule has 1 heterocycles. The van der Waals surface area contributed by atoms with Gasteiger partial charge in [-0.15, -0.1) is 0 Å². The Kier molecular flexibility index (Phi) is 2.48. The van der Waals surface area contributed by atoms with E-state index in [0.717, 1.165) is 16.5 Å².